The van der Waals surface area contributed by atoms with Gasteiger partial charge in [-0.15, -0.1) is 0 Å². The first kappa shape index (κ1) is 43.2. The number of benzene rings is 1. The van der Waals surface area contributed by atoms with Crippen molar-refractivity contribution < 1.29 is 67.1 Å². The lowest BCUT2D eigenvalue weighted by Gasteiger charge is -2.48. The van der Waals surface area contributed by atoms with E-state index in [1.54, 1.807) is 52.8 Å². The van der Waals surface area contributed by atoms with Gasteiger partial charge in [-0.25, -0.2) is 9.59 Å². The number of nitrogens with one attached hydrogen (secondary N) is 2. The second kappa shape index (κ2) is 16.4. The summed E-state index contributed by atoms with van der Waals surface area (Å²) in [7, 11) is 0. The van der Waals surface area contributed by atoms with Crippen LogP contribution in [0.3, 0.4) is 0 Å². The first-order chi connectivity index (χ1) is 28.9. The van der Waals surface area contributed by atoms with Crippen LogP contribution in [-0.2, 0) is 68.6 Å². The summed E-state index contributed by atoms with van der Waals surface area (Å²) in [6.07, 6.45) is 2.88. The lowest BCUT2D eigenvalue weighted by molar-refractivity contribution is -0.235. The van der Waals surface area contributed by atoms with E-state index in [9.17, 15) is 33.9 Å². The molecular weight excluding hydrogens is 794 g/mol. The van der Waals surface area contributed by atoms with Crippen molar-refractivity contribution in [3.63, 3.8) is 0 Å². The van der Waals surface area contributed by atoms with Crippen molar-refractivity contribution >= 4 is 41.8 Å². The molecule has 61 heavy (non-hydrogen) atoms. The average molecular weight is 852 g/mol. The van der Waals surface area contributed by atoms with E-state index in [-0.39, 0.29) is 63.8 Å². The number of esters is 4. The summed E-state index contributed by atoms with van der Waals surface area (Å²) in [5.41, 5.74) is -1.31. The Kier molecular flexibility index (Phi) is 11.6. The molecule has 4 saturated heterocycles. The maximum atomic E-state index is 14.6. The van der Waals surface area contributed by atoms with E-state index < -0.39 is 101 Å². The summed E-state index contributed by atoms with van der Waals surface area (Å²) in [6.45, 7) is 8.66. The molecule has 3 aliphatic carbocycles. The molecule has 8 unspecified atom stereocenters. The van der Waals surface area contributed by atoms with Crippen LogP contribution in [0.15, 0.2) is 30.3 Å². The number of ether oxygens (including phenoxy) is 6. The van der Waals surface area contributed by atoms with Crippen LogP contribution in [0.25, 0.3) is 6.08 Å². The first-order valence-corrected chi connectivity index (χ1v) is 21.5. The summed E-state index contributed by atoms with van der Waals surface area (Å²) >= 11 is 0. The third kappa shape index (κ3) is 8.68. The van der Waals surface area contributed by atoms with Gasteiger partial charge in [-0.2, -0.15) is 5.06 Å². The SMILES string of the molecule is CC(C)(C)OC(=O)CCC(CO)NC(=O)CCNC(=O)C12CC3OC(=O)C1N(Cc1ccc(C=CC(=O)OC4C(=O)OCC4(C)C)cc1)OC2C1OC(C2CC2)(C2CC2)OC31. The topological polar surface area (TPSA) is 215 Å². The Morgan fingerprint density at radius 2 is 1.67 bits per heavy atom. The number of aliphatic hydroxyl groups is 1. The van der Waals surface area contributed by atoms with Crippen LogP contribution in [0.2, 0.25) is 0 Å². The van der Waals surface area contributed by atoms with E-state index >= 15 is 0 Å². The molecule has 3 saturated carbocycles. The van der Waals surface area contributed by atoms with Crippen molar-refractivity contribution in [2.24, 2.45) is 22.7 Å². The van der Waals surface area contributed by atoms with Gasteiger partial charge < -0.3 is 44.2 Å². The Bertz CT molecular complexity index is 1920. The molecule has 1 aromatic rings. The largest absolute Gasteiger partial charge is 0.462 e. The Morgan fingerprint density at radius 3 is 2.30 bits per heavy atom. The second-order valence-corrected chi connectivity index (χ2v) is 19.2. The number of hydrogen-bond acceptors (Lipinski definition) is 15. The minimum Gasteiger partial charge on any atom is -0.462 e. The van der Waals surface area contributed by atoms with E-state index in [0.29, 0.717) is 5.56 Å². The van der Waals surface area contributed by atoms with E-state index in [1.807, 2.05) is 12.1 Å². The first-order valence-electron chi connectivity index (χ1n) is 21.5. The Labute approximate surface area is 354 Å². The summed E-state index contributed by atoms with van der Waals surface area (Å²) in [5.74, 6) is -3.61. The number of hydrogen-bond donors (Lipinski definition) is 3. The zero-order valence-corrected chi connectivity index (χ0v) is 35.3. The highest BCUT2D eigenvalue weighted by atomic mass is 16.8. The molecule has 0 radical (unpaired) electrons. The number of hydroxylamine groups is 2. The third-order valence-electron chi connectivity index (χ3n) is 12.7. The number of carbonyl (C=O) groups excluding carboxylic acids is 6. The fraction of sp³-hybridized carbons (Fsp3) is 0.682. The second-order valence-electron chi connectivity index (χ2n) is 19.2. The fourth-order valence-electron chi connectivity index (χ4n) is 9.48. The van der Waals surface area contributed by atoms with Crippen molar-refractivity contribution in [1.29, 1.82) is 0 Å². The van der Waals surface area contributed by atoms with Crippen molar-refractivity contribution in [3.8, 4) is 0 Å². The molecule has 332 valence electrons. The van der Waals surface area contributed by atoms with Gasteiger partial charge in [-0.3, -0.25) is 24.0 Å². The lowest BCUT2D eigenvalue weighted by atomic mass is 9.62. The maximum absolute atomic E-state index is 14.6. The molecule has 17 heteroatoms. The summed E-state index contributed by atoms with van der Waals surface area (Å²) in [4.78, 5) is 85.3. The van der Waals surface area contributed by atoms with E-state index in [0.717, 1.165) is 31.2 Å². The minimum absolute atomic E-state index is 0.00651. The molecule has 3 N–H and O–H groups in total. The molecule has 7 aliphatic rings. The zero-order valence-electron chi connectivity index (χ0n) is 35.3. The number of aliphatic hydroxyl groups excluding tert-OH is 1. The highest BCUT2D eigenvalue weighted by Crippen LogP contribution is 2.63. The minimum atomic E-state index is -1.44. The predicted molar refractivity (Wildman–Crippen MR) is 211 cm³/mol. The van der Waals surface area contributed by atoms with Gasteiger partial charge in [-0.05, 0) is 70.1 Å². The quantitative estimate of drug-likeness (QED) is 0.124. The van der Waals surface area contributed by atoms with Gasteiger partial charge in [0.15, 0.2) is 11.8 Å². The lowest BCUT2D eigenvalue weighted by Crippen LogP contribution is -2.69. The molecule has 7 fully saturated rings. The summed E-state index contributed by atoms with van der Waals surface area (Å²) in [6, 6.07) is 5.35. The smallest absolute Gasteiger partial charge is 0.348 e. The molecule has 2 amide bonds. The number of cyclic esters (lactones) is 1. The summed E-state index contributed by atoms with van der Waals surface area (Å²) in [5, 5.41) is 17.0. The van der Waals surface area contributed by atoms with E-state index in [4.69, 9.17) is 33.3 Å². The highest BCUT2D eigenvalue weighted by molar-refractivity contribution is 5.94. The molecule has 8 atom stereocenters. The molecule has 8 rings (SSSR count). The number of amides is 2. The molecule has 0 aromatic heterocycles. The maximum Gasteiger partial charge on any atom is 0.348 e. The van der Waals surface area contributed by atoms with Crippen LogP contribution in [0, 0.1) is 22.7 Å². The molecule has 17 nitrogen and oxygen atoms in total. The van der Waals surface area contributed by atoms with Crippen molar-refractivity contribution in [2.75, 3.05) is 19.8 Å². The van der Waals surface area contributed by atoms with Gasteiger partial charge in [-0.1, -0.05) is 38.1 Å². The Morgan fingerprint density at radius 1 is 0.984 bits per heavy atom. The average Bonchev–Trinajstić information content (AvgIpc) is 4.14. The fourth-order valence-corrected chi connectivity index (χ4v) is 9.48. The van der Waals surface area contributed by atoms with Crippen molar-refractivity contribution in [3.05, 3.63) is 41.5 Å². The summed E-state index contributed by atoms with van der Waals surface area (Å²) < 4.78 is 35.6. The molecule has 1 aromatic carbocycles. The van der Waals surface area contributed by atoms with Crippen molar-refractivity contribution in [2.45, 2.75) is 147 Å². The van der Waals surface area contributed by atoms with Crippen molar-refractivity contribution in [1.82, 2.24) is 15.7 Å². The highest BCUT2D eigenvalue weighted by Gasteiger charge is 2.78. The number of fused-ring (bicyclic) bond motifs is 4. The number of nitrogens with zero attached hydrogens (tertiary/aromatic N) is 1. The monoisotopic (exact) mass is 851 g/mol. The molecule has 2 bridgehead atoms. The van der Waals surface area contributed by atoms with Gasteiger partial charge in [0.25, 0.3) is 0 Å². The molecule has 0 spiro atoms. The Balaban J connectivity index is 0.956. The van der Waals surface area contributed by atoms with E-state index in [1.165, 1.54) is 11.1 Å². The molecule has 4 heterocycles. The predicted octanol–water partition coefficient (Wildman–Crippen LogP) is 2.40. The van der Waals surface area contributed by atoms with Gasteiger partial charge in [0, 0.05) is 49.1 Å². The number of rotatable bonds is 16. The third-order valence-corrected chi connectivity index (χ3v) is 12.7. The van der Waals surface area contributed by atoms with Crippen LogP contribution < -0.4 is 10.6 Å². The van der Waals surface area contributed by atoms with Crippen LogP contribution >= 0.6 is 0 Å². The molecule has 4 aliphatic heterocycles. The van der Waals surface area contributed by atoms with Gasteiger partial charge in [0.05, 0.1) is 19.2 Å². The van der Waals surface area contributed by atoms with Crippen LogP contribution in [0.1, 0.15) is 97.1 Å². The van der Waals surface area contributed by atoms with E-state index in [2.05, 4.69) is 10.6 Å². The van der Waals surface area contributed by atoms with Gasteiger partial charge in [0.2, 0.25) is 17.9 Å². The van der Waals surface area contributed by atoms with Crippen LogP contribution in [0.4, 0.5) is 0 Å². The van der Waals surface area contributed by atoms with Gasteiger partial charge in [0.1, 0.15) is 42.0 Å². The number of carbonyl (C=O) groups is 6. The van der Waals surface area contributed by atoms with Gasteiger partial charge >= 0.3 is 23.9 Å². The normalized spacial score (nSPS) is 31.5. The molecular formula is C44H57N3O14. The Hall–Kier alpha value is -4.42. The van der Waals surface area contributed by atoms with Crippen LogP contribution in [0.5, 0.6) is 0 Å². The standard InChI is InChI=1S/C44H57N3O14/c1-41(2,3)58-32(51)17-15-28(22-48)46-30(49)18-19-45-40(54)43-20-29-33-34(60-44(59-33,26-11-12-26)27-13-14-27)36(43)61-47(35(43)38(52)56-29)21-25-8-6-24(7-9-25)10-16-31(50)57-37-39(53)55-23-42(37,4)5/h6-10,16,26-29,33-37,48H,11-15,17-23H2,1-5H3,(H,45,54)(H,46,49). The van der Waals surface area contributed by atoms with Crippen LogP contribution in [-0.4, -0.2) is 120 Å². The zero-order chi connectivity index (χ0) is 43.5.